The molecule has 0 amide bonds. The van der Waals surface area contributed by atoms with Gasteiger partial charge in [0.1, 0.15) is 0 Å². The maximum absolute atomic E-state index is 5.91. The Bertz CT molecular complexity index is 256. The molecule has 1 aliphatic heterocycles. The molecule has 1 aliphatic carbocycles. The zero-order valence-corrected chi connectivity index (χ0v) is 11.9. The summed E-state index contributed by atoms with van der Waals surface area (Å²) in [5.41, 5.74) is 1.66. The summed E-state index contributed by atoms with van der Waals surface area (Å²) in [6, 6.07) is 0.577. The smallest absolute Gasteiger partial charge is 0.0593 e. The first-order valence-electron chi connectivity index (χ1n) is 7.94. The van der Waals surface area contributed by atoms with Gasteiger partial charge in [-0.3, -0.25) is 0 Å². The lowest BCUT2D eigenvalue weighted by Crippen LogP contribution is -2.37. The largest absolute Gasteiger partial charge is 0.378 e. The van der Waals surface area contributed by atoms with Gasteiger partial charge in [-0.15, -0.1) is 0 Å². The average Bonchev–Trinajstić information content (AvgIpc) is 2.45. The molecule has 0 aromatic rings. The molecular formula is C16H29NO. The normalized spacial score (nSPS) is 26.7. The Morgan fingerprint density at radius 3 is 2.94 bits per heavy atom. The van der Waals surface area contributed by atoms with Gasteiger partial charge in [0.25, 0.3) is 0 Å². The third kappa shape index (κ3) is 4.40. The third-order valence-electron chi connectivity index (χ3n) is 4.19. The third-order valence-corrected chi connectivity index (χ3v) is 4.19. The molecule has 2 rings (SSSR count). The van der Waals surface area contributed by atoms with Crippen LogP contribution in [0.25, 0.3) is 0 Å². The first-order valence-corrected chi connectivity index (χ1v) is 7.94. The minimum Gasteiger partial charge on any atom is -0.378 e. The van der Waals surface area contributed by atoms with Crippen molar-refractivity contribution in [1.82, 2.24) is 5.32 Å². The van der Waals surface area contributed by atoms with Gasteiger partial charge in [-0.25, -0.2) is 0 Å². The van der Waals surface area contributed by atoms with Crippen molar-refractivity contribution < 1.29 is 4.74 Å². The van der Waals surface area contributed by atoms with Gasteiger partial charge in [-0.2, -0.15) is 0 Å². The van der Waals surface area contributed by atoms with Crippen LogP contribution in [0.4, 0.5) is 0 Å². The van der Waals surface area contributed by atoms with E-state index in [2.05, 4.69) is 18.3 Å². The van der Waals surface area contributed by atoms with Gasteiger partial charge in [-0.05, 0) is 64.3 Å². The number of hydrogen-bond acceptors (Lipinski definition) is 2. The summed E-state index contributed by atoms with van der Waals surface area (Å²) in [7, 11) is 0. The van der Waals surface area contributed by atoms with E-state index >= 15 is 0 Å². The second kappa shape index (κ2) is 7.96. The molecule has 2 heteroatoms. The van der Waals surface area contributed by atoms with Crippen molar-refractivity contribution in [1.29, 1.82) is 0 Å². The summed E-state index contributed by atoms with van der Waals surface area (Å²) in [6.07, 6.45) is 14.6. The molecule has 104 valence electrons. The van der Waals surface area contributed by atoms with E-state index in [1.165, 1.54) is 57.8 Å². The van der Waals surface area contributed by atoms with Crippen LogP contribution in [0.1, 0.15) is 64.7 Å². The maximum atomic E-state index is 5.91. The zero-order chi connectivity index (χ0) is 12.6. The molecule has 0 bridgehead atoms. The van der Waals surface area contributed by atoms with E-state index in [4.69, 9.17) is 4.74 Å². The van der Waals surface area contributed by atoms with Gasteiger partial charge < -0.3 is 10.1 Å². The fraction of sp³-hybridized carbons (Fsp3) is 0.875. The van der Waals surface area contributed by atoms with Crippen molar-refractivity contribution in [2.75, 3.05) is 13.2 Å². The van der Waals surface area contributed by atoms with Gasteiger partial charge >= 0.3 is 0 Å². The highest BCUT2D eigenvalue weighted by Crippen LogP contribution is 2.25. The summed E-state index contributed by atoms with van der Waals surface area (Å²) < 4.78 is 5.91. The molecule has 1 saturated heterocycles. The molecule has 1 heterocycles. The Kier molecular flexibility index (Phi) is 6.22. The molecule has 2 aliphatic rings. The summed E-state index contributed by atoms with van der Waals surface area (Å²) in [6.45, 7) is 4.36. The predicted molar refractivity (Wildman–Crippen MR) is 76.8 cm³/mol. The van der Waals surface area contributed by atoms with Crippen LogP contribution in [0.2, 0.25) is 0 Å². The van der Waals surface area contributed by atoms with Crippen LogP contribution < -0.4 is 5.32 Å². The number of allylic oxidation sites excluding steroid dienone is 1. The standard InChI is InChI=1S/C16H29NO/c1-2-11-17-16(14-8-4-3-5-9-14)13-15-10-6-7-12-18-15/h8,15-17H,2-7,9-13H2,1H3. The van der Waals surface area contributed by atoms with Crippen molar-refractivity contribution in [2.45, 2.75) is 76.9 Å². The van der Waals surface area contributed by atoms with Gasteiger partial charge in [-0.1, -0.05) is 18.6 Å². The Morgan fingerprint density at radius 2 is 2.28 bits per heavy atom. The van der Waals surface area contributed by atoms with E-state index in [9.17, 15) is 0 Å². The number of hydrogen-bond donors (Lipinski definition) is 1. The minimum atomic E-state index is 0.496. The quantitative estimate of drug-likeness (QED) is 0.725. The monoisotopic (exact) mass is 251 g/mol. The van der Waals surface area contributed by atoms with E-state index in [0.29, 0.717) is 12.1 Å². The molecule has 2 atom stereocenters. The van der Waals surface area contributed by atoms with Crippen molar-refractivity contribution in [3.05, 3.63) is 11.6 Å². The van der Waals surface area contributed by atoms with Crippen LogP contribution >= 0.6 is 0 Å². The number of nitrogens with one attached hydrogen (secondary N) is 1. The van der Waals surface area contributed by atoms with Crippen LogP contribution in [0, 0.1) is 0 Å². The van der Waals surface area contributed by atoms with Crippen LogP contribution in [-0.2, 0) is 4.74 Å². The maximum Gasteiger partial charge on any atom is 0.0593 e. The van der Waals surface area contributed by atoms with Gasteiger partial charge in [0, 0.05) is 12.6 Å². The average molecular weight is 251 g/mol. The highest BCUT2D eigenvalue weighted by atomic mass is 16.5. The highest BCUT2D eigenvalue weighted by Gasteiger charge is 2.22. The second-order valence-corrected chi connectivity index (χ2v) is 5.76. The molecule has 1 fully saturated rings. The number of rotatable bonds is 6. The summed E-state index contributed by atoms with van der Waals surface area (Å²) in [5.74, 6) is 0. The van der Waals surface area contributed by atoms with Gasteiger partial charge in [0.2, 0.25) is 0 Å². The van der Waals surface area contributed by atoms with E-state index in [1.807, 2.05) is 0 Å². The van der Waals surface area contributed by atoms with Crippen LogP contribution in [0.3, 0.4) is 0 Å². The SMILES string of the molecule is CCCNC(CC1CCCCO1)C1=CCCCC1. The lowest BCUT2D eigenvalue weighted by molar-refractivity contribution is 0.00704. The lowest BCUT2D eigenvalue weighted by atomic mass is 9.89. The summed E-state index contributed by atoms with van der Waals surface area (Å²) in [5, 5.41) is 3.74. The summed E-state index contributed by atoms with van der Waals surface area (Å²) >= 11 is 0. The lowest BCUT2D eigenvalue weighted by Gasteiger charge is -2.30. The van der Waals surface area contributed by atoms with E-state index < -0.39 is 0 Å². The topological polar surface area (TPSA) is 21.3 Å². The second-order valence-electron chi connectivity index (χ2n) is 5.76. The summed E-state index contributed by atoms with van der Waals surface area (Å²) in [4.78, 5) is 0. The fourth-order valence-corrected chi connectivity index (χ4v) is 3.12. The zero-order valence-electron chi connectivity index (χ0n) is 11.9. The Balaban J connectivity index is 1.88. The van der Waals surface area contributed by atoms with Crippen LogP contribution in [0.5, 0.6) is 0 Å². The molecule has 18 heavy (non-hydrogen) atoms. The molecule has 0 radical (unpaired) electrons. The van der Waals surface area contributed by atoms with Crippen LogP contribution in [0.15, 0.2) is 11.6 Å². The Labute approximate surface area is 112 Å². The highest BCUT2D eigenvalue weighted by molar-refractivity contribution is 5.13. The molecule has 0 saturated carbocycles. The number of ether oxygens (including phenoxy) is 1. The molecular weight excluding hydrogens is 222 g/mol. The Hall–Kier alpha value is -0.340. The first kappa shape index (κ1) is 14.1. The van der Waals surface area contributed by atoms with Crippen molar-refractivity contribution >= 4 is 0 Å². The predicted octanol–water partition coefficient (Wildman–Crippen LogP) is 3.81. The molecule has 2 unspecified atom stereocenters. The minimum absolute atomic E-state index is 0.496. The van der Waals surface area contributed by atoms with E-state index in [1.54, 1.807) is 5.57 Å². The molecule has 1 N–H and O–H groups in total. The van der Waals surface area contributed by atoms with E-state index in [0.717, 1.165) is 13.2 Å². The van der Waals surface area contributed by atoms with Crippen molar-refractivity contribution in [3.8, 4) is 0 Å². The molecule has 0 aromatic carbocycles. The van der Waals surface area contributed by atoms with Gasteiger partial charge in [0.05, 0.1) is 6.10 Å². The first-order chi connectivity index (χ1) is 8.90. The molecule has 0 spiro atoms. The van der Waals surface area contributed by atoms with Gasteiger partial charge in [0.15, 0.2) is 0 Å². The molecule has 2 nitrogen and oxygen atoms in total. The van der Waals surface area contributed by atoms with Crippen LogP contribution in [-0.4, -0.2) is 25.3 Å². The van der Waals surface area contributed by atoms with Crippen molar-refractivity contribution in [2.24, 2.45) is 0 Å². The van der Waals surface area contributed by atoms with E-state index in [-0.39, 0.29) is 0 Å². The Morgan fingerprint density at radius 1 is 1.33 bits per heavy atom. The fourth-order valence-electron chi connectivity index (χ4n) is 3.12. The molecule has 0 aromatic heterocycles. The van der Waals surface area contributed by atoms with Crippen molar-refractivity contribution in [3.63, 3.8) is 0 Å².